The number of nitrogens with zero attached hydrogens (tertiary/aromatic N) is 2. The molecule has 7 nitrogen and oxygen atoms in total. The lowest BCUT2D eigenvalue weighted by molar-refractivity contribution is -0.133. The summed E-state index contributed by atoms with van der Waals surface area (Å²) in [5.74, 6) is -0.560. The topological polar surface area (TPSA) is 87.2 Å². The first-order valence-corrected chi connectivity index (χ1v) is 9.13. The van der Waals surface area contributed by atoms with Gasteiger partial charge in [0, 0.05) is 31.7 Å². The molecule has 3 rings (SSSR count). The number of hydrogen-bond donors (Lipinski definition) is 1. The molecule has 0 aromatic heterocycles. The van der Waals surface area contributed by atoms with E-state index in [1.807, 2.05) is 30.3 Å². The molecule has 1 fully saturated rings. The lowest BCUT2D eigenvalue weighted by Crippen LogP contribution is -2.50. The number of aromatic carboxylic acids is 1. The standard InChI is InChI=1S/C21H22N2O5/c24-19(9-14-28-18-7-2-1-3-8-18)22-10-12-23(13-11-22)20(25)16-5-4-6-17(15-16)21(26)27/h1-8,15H,9-14H2,(H,26,27). The number of carbonyl (C=O) groups is 3. The van der Waals surface area contributed by atoms with E-state index in [1.54, 1.807) is 21.9 Å². The highest BCUT2D eigenvalue weighted by molar-refractivity contribution is 5.97. The molecule has 0 saturated carbocycles. The summed E-state index contributed by atoms with van der Waals surface area (Å²) in [4.78, 5) is 39.4. The van der Waals surface area contributed by atoms with Gasteiger partial charge in [-0.2, -0.15) is 0 Å². The molecule has 146 valence electrons. The minimum Gasteiger partial charge on any atom is -0.493 e. The fourth-order valence-electron chi connectivity index (χ4n) is 3.06. The largest absolute Gasteiger partial charge is 0.493 e. The highest BCUT2D eigenvalue weighted by atomic mass is 16.5. The van der Waals surface area contributed by atoms with Crippen molar-refractivity contribution in [2.75, 3.05) is 32.8 Å². The van der Waals surface area contributed by atoms with Crippen LogP contribution in [0.3, 0.4) is 0 Å². The monoisotopic (exact) mass is 382 g/mol. The van der Waals surface area contributed by atoms with Crippen LogP contribution >= 0.6 is 0 Å². The van der Waals surface area contributed by atoms with E-state index in [2.05, 4.69) is 0 Å². The van der Waals surface area contributed by atoms with Crippen LogP contribution in [0.5, 0.6) is 5.75 Å². The van der Waals surface area contributed by atoms with Crippen molar-refractivity contribution in [1.82, 2.24) is 9.80 Å². The Morgan fingerprint density at radius 3 is 2.18 bits per heavy atom. The molecular formula is C21H22N2O5. The number of hydrogen-bond acceptors (Lipinski definition) is 4. The van der Waals surface area contributed by atoms with Crippen LogP contribution in [0.25, 0.3) is 0 Å². The third-order valence-corrected chi connectivity index (χ3v) is 4.60. The van der Waals surface area contributed by atoms with E-state index >= 15 is 0 Å². The van der Waals surface area contributed by atoms with Gasteiger partial charge in [-0.25, -0.2) is 4.79 Å². The van der Waals surface area contributed by atoms with Gasteiger partial charge in [0.25, 0.3) is 5.91 Å². The molecule has 2 aromatic carbocycles. The third kappa shape index (κ3) is 4.88. The molecule has 28 heavy (non-hydrogen) atoms. The van der Waals surface area contributed by atoms with E-state index in [4.69, 9.17) is 9.84 Å². The van der Waals surface area contributed by atoms with Gasteiger partial charge in [0.1, 0.15) is 5.75 Å². The molecule has 7 heteroatoms. The maximum Gasteiger partial charge on any atom is 0.335 e. The zero-order chi connectivity index (χ0) is 19.9. The number of benzene rings is 2. The highest BCUT2D eigenvalue weighted by Crippen LogP contribution is 2.13. The molecule has 0 unspecified atom stereocenters. The number of ether oxygens (including phenoxy) is 1. The van der Waals surface area contributed by atoms with Crippen LogP contribution in [0, 0.1) is 0 Å². The highest BCUT2D eigenvalue weighted by Gasteiger charge is 2.25. The normalized spacial score (nSPS) is 13.9. The molecule has 0 radical (unpaired) electrons. The van der Waals surface area contributed by atoms with Crippen molar-refractivity contribution in [3.63, 3.8) is 0 Å². The minimum atomic E-state index is -1.07. The smallest absolute Gasteiger partial charge is 0.335 e. The van der Waals surface area contributed by atoms with Gasteiger partial charge in [0.05, 0.1) is 18.6 Å². The number of piperazine rings is 1. The van der Waals surface area contributed by atoms with Crippen LogP contribution in [0.2, 0.25) is 0 Å². The zero-order valence-corrected chi connectivity index (χ0v) is 15.4. The number of carbonyl (C=O) groups excluding carboxylic acids is 2. The van der Waals surface area contributed by atoms with E-state index in [0.717, 1.165) is 5.75 Å². The number of rotatable bonds is 6. The molecule has 2 aromatic rings. The average molecular weight is 382 g/mol. The molecule has 1 aliphatic rings. The Balaban J connectivity index is 1.47. The second kappa shape index (κ2) is 9.03. The predicted molar refractivity (Wildman–Crippen MR) is 102 cm³/mol. The van der Waals surface area contributed by atoms with Gasteiger partial charge in [-0.1, -0.05) is 24.3 Å². The van der Waals surface area contributed by atoms with E-state index in [-0.39, 0.29) is 23.8 Å². The van der Waals surface area contributed by atoms with Gasteiger partial charge in [0.2, 0.25) is 5.91 Å². The van der Waals surface area contributed by atoms with E-state index in [9.17, 15) is 14.4 Å². The summed E-state index contributed by atoms with van der Waals surface area (Å²) in [6, 6.07) is 15.3. The fraction of sp³-hybridized carbons (Fsp3) is 0.286. The van der Waals surface area contributed by atoms with Crippen molar-refractivity contribution in [2.45, 2.75) is 6.42 Å². The lowest BCUT2D eigenvalue weighted by Gasteiger charge is -2.35. The summed E-state index contributed by atoms with van der Waals surface area (Å²) in [6.45, 7) is 2.05. The summed E-state index contributed by atoms with van der Waals surface area (Å²) in [5, 5.41) is 9.06. The second-order valence-corrected chi connectivity index (χ2v) is 6.47. The van der Waals surface area contributed by atoms with Gasteiger partial charge in [-0.3, -0.25) is 9.59 Å². The van der Waals surface area contributed by atoms with Gasteiger partial charge in [-0.05, 0) is 30.3 Å². The van der Waals surface area contributed by atoms with Crippen molar-refractivity contribution in [1.29, 1.82) is 0 Å². The van der Waals surface area contributed by atoms with Crippen LogP contribution in [-0.4, -0.2) is 65.5 Å². The van der Waals surface area contributed by atoms with E-state index in [0.29, 0.717) is 38.3 Å². The van der Waals surface area contributed by atoms with Gasteiger partial charge in [-0.15, -0.1) is 0 Å². The third-order valence-electron chi connectivity index (χ3n) is 4.60. The molecule has 1 heterocycles. The Kier molecular flexibility index (Phi) is 6.26. The number of carboxylic acid groups (broad SMARTS) is 1. The summed E-state index contributed by atoms with van der Waals surface area (Å²) in [6.07, 6.45) is 0.281. The van der Waals surface area contributed by atoms with Crippen LogP contribution in [0.1, 0.15) is 27.1 Å². The van der Waals surface area contributed by atoms with Crippen molar-refractivity contribution < 1.29 is 24.2 Å². The van der Waals surface area contributed by atoms with Crippen LogP contribution in [0.4, 0.5) is 0 Å². The molecule has 0 spiro atoms. The lowest BCUT2D eigenvalue weighted by atomic mass is 10.1. The van der Waals surface area contributed by atoms with E-state index < -0.39 is 5.97 Å². The first-order valence-electron chi connectivity index (χ1n) is 9.13. The molecule has 0 bridgehead atoms. The molecule has 1 aliphatic heterocycles. The first-order chi connectivity index (χ1) is 13.5. The molecule has 1 N–H and O–H groups in total. The Bertz CT molecular complexity index is 845. The van der Waals surface area contributed by atoms with Crippen LogP contribution < -0.4 is 4.74 Å². The summed E-state index contributed by atoms with van der Waals surface area (Å²) < 4.78 is 5.56. The predicted octanol–water partition coefficient (Wildman–Crippen LogP) is 2.14. The summed E-state index contributed by atoms with van der Waals surface area (Å²) in [5.41, 5.74) is 0.425. The molecule has 1 saturated heterocycles. The SMILES string of the molecule is O=C(O)c1cccc(C(=O)N2CCN(C(=O)CCOc3ccccc3)CC2)c1. The number of amides is 2. The van der Waals surface area contributed by atoms with Gasteiger partial charge < -0.3 is 19.6 Å². The average Bonchev–Trinajstić information content (AvgIpc) is 2.74. The first kappa shape index (κ1) is 19.4. The van der Waals surface area contributed by atoms with Gasteiger partial charge in [0.15, 0.2) is 0 Å². The molecular weight excluding hydrogens is 360 g/mol. The van der Waals surface area contributed by atoms with Crippen LogP contribution in [-0.2, 0) is 4.79 Å². The summed E-state index contributed by atoms with van der Waals surface area (Å²) >= 11 is 0. The fourth-order valence-corrected chi connectivity index (χ4v) is 3.06. The maximum absolute atomic E-state index is 12.6. The van der Waals surface area contributed by atoms with E-state index in [1.165, 1.54) is 12.1 Å². The van der Waals surface area contributed by atoms with Crippen LogP contribution in [0.15, 0.2) is 54.6 Å². The van der Waals surface area contributed by atoms with Crippen molar-refractivity contribution >= 4 is 17.8 Å². The second-order valence-electron chi connectivity index (χ2n) is 6.47. The Hall–Kier alpha value is -3.35. The molecule has 0 aliphatic carbocycles. The summed E-state index contributed by atoms with van der Waals surface area (Å²) in [7, 11) is 0. The number of carboxylic acids is 1. The Morgan fingerprint density at radius 1 is 0.857 bits per heavy atom. The molecule has 0 atom stereocenters. The maximum atomic E-state index is 12.6. The number of para-hydroxylation sites is 1. The molecule has 2 amide bonds. The van der Waals surface area contributed by atoms with Crippen molar-refractivity contribution in [2.24, 2.45) is 0 Å². The zero-order valence-electron chi connectivity index (χ0n) is 15.4. The Labute approximate surface area is 163 Å². The Morgan fingerprint density at radius 2 is 1.50 bits per heavy atom. The minimum absolute atomic E-state index is 0.00379. The van der Waals surface area contributed by atoms with Crippen molar-refractivity contribution in [3.8, 4) is 5.75 Å². The quantitative estimate of drug-likeness (QED) is 0.827. The van der Waals surface area contributed by atoms with Crippen molar-refractivity contribution in [3.05, 3.63) is 65.7 Å². The van der Waals surface area contributed by atoms with Gasteiger partial charge >= 0.3 is 5.97 Å².